The summed E-state index contributed by atoms with van der Waals surface area (Å²) >= 11 is 0. The standard InChI is InChI=1S/C21H26N4O3/c1-3-27-16-11-9-15(10-12-16)19-18(14(2)24-21-22-13-23-25(19)21)20(26)28-17-7-5-4-6-8-17/h9-13,17,19H,3-8H2,1-2H3,(H,22,23,24). The third-order valence-electron chi connectivity index (χ3n) is 5.35. The predicted molar refractivity (Wildman–Crippen MR) is 105 cm³/mol. The number of benzene rings is 1. The Morgan fingerprint density at radius 3 is 2.68 bits per heavy atom. The second kappa shape index (κ2) is 8.04. The van der Waals surface area contributed by atoms with Crippen LogP contribution in [0.4, 0.5) is 5.95 Å². The van der Waals surface area contributed by atoms with Gasteiger partial charge in [0.1, 0.15) is 24.2 Å². The van der Waals surface area contributed by atoms with Crippen molar-refractivity contribution < 1.29 is 14.3 Å². The molecule has 2 aliphatic rings. The number of ether oxygens (including phenoxy) is 2. The van der Waals surface area contributed by atoms with Crippen molar-refractivity contribution in [2.75, 3.05) is 11.9 Å². The highest BCUT2D eigenvalue weighted by molar-refractivity contribution is 5.92. The van der Waals surface area contributed by atoms with E-state index < -0.39 is 0 Å². The van der Waals surface area contributed by atoms with Gasteiger partial charge in [-0.05, 0) is 57.2 Å². The van der Waals surface area contributed by atoms with E-state index in [-0.39, 0.29) is 18.1 Å². The van der Waals surface area contributed by atoms with Crippen LogP contribution in [0.1, 0.15) is 57.6 Å². The number of carbonyl (C=O) groups excluding carboxylic acids is 1. The summed E-state index contributed by atoms with van der Waals surface area (Å²) in [7, 11) is 0. The van der Waals surface area contributed by atoms with E-state index in [0.717, 1.165) is 42.7 Å². The van der Waals surface area contributed by atoms with Gasteiger partial charge in [-0.25, -0.2) is 9.48 Å². The van der Waals surface area contributed by atoms with Crippen molar-refractivity contribution in [2.24, 2.45) is 0 Å². The molecular weight excluding hydrogens is 356 g/mol. The Labute approximate surface area is 164 Å². The van der Waals surface area contributed by atoms with E-state index in [1.165, 1.54) is 12.7 Å². The van der Waals surface area contributed by atoms with Gasteiger partial charge in [-0.3, -0.25) is 0 Å². The fourth-order valence-electron chi connectivity index (χ4n) is 3.97. The van der Waals surface area contributed by atoms with Gasteiger partial charge in [0.15, 0.2) is 0 Å². The molecule has 1 N–H and O–H groups in total. The van der Waals surface area contributed by atoms with Crippen LogP contribution < -0.4 is 10.1 Å². The van der Waals surface area contributed by atoms with Gasteiger partial charge >= 0.3 is 5.97 Å². The lowest BCUT2D eigenvalue weighted by Gasteiger charge is -2.30. The number of aromatic nitrogens is 3. The van der Waals surface area contributed by atoms with Gasteiger partial charge in [0.25, 0.3) is 0 Å². The minimum Gasteiger partial charge on any atom is -0.494 e. The minimum absolute atomic E-state index is 0.000302. The summed E-state index contributed by atoms with van der Waals surface area (Å²) in [4.78, 5) is 17.4. The Hall–Kier alpha value is -2.83. The van der Waals surface area contributed by atoms with Gasteiger partial charge in [0.05, 0.1) is 12.2 Å². The maximum Gasteiger partial charge on any atom is 0.338 e. The molecule has 1 aromatic carbocycles. The first-order chi connectivity index (χ1) is 13.7. The minimum atomic E-state index is -0.384. The van der Waals surface area contributed by atoms with Gasteiger partial charge in [-0.2, -0.15) is 10.1 Å². The molecule has 0 spiro atoms. The summed E-state index contributed by atoms with van der Waals surface area (Å²) in [5.41, 5.74) is 2.26. The SMILES string of the molecule is CCOc1ccc(C2C(C(=O)OC3CCCCC3)=C(C)Nc3ncnn32)cc1. The van der Waals surface area contributed by atoms with E-state index in [4.69, 9.17) is 9.47 Å². The molecular formula is C21H26N4O3. The van der Waals surface area contributed by atoms with Gasteiger partial charge in [-0.15, -0.1) is 0 Å². The van der Waals surface area contributed by atoms with Crippen molar-refractivity contribution in [3.05, 3.63) is 47.4 Å². The number of fused-ring (bicyclic) bond motifs is 1. The highest BCUT2D eigenvalue weighted by atomic mass is 16.5. The molecule has 0 radical (unpaired) electrons. The van der Waals surface area contributed by atoms with Crippen LogP contribution in [0.5, 0.6) is 5.75 Å². The van der Waals surface area contributed by atoms with Crippen LogP contribution in [0.2, 0.25) is 0 Å². The molecule has 7 nitrogen and oxygen atoms in total. The molecule has 0 saturated heterocycles. The zero-order chi connectivity index (χ0) is 19.5. The van der Waals surface area contributed by atoms with E-state index in [1.807, 2.05) is 38.1 Å². The average molecular weight is 382 g/mol. The van der Waals surface area contributed by atoms with Crippen LogP contribution in [0.3, 0.4) is 0 Å². The summed E-state index contributed by atoms with van der Waals surface area (Å²) in [5.74, 6) is 1.13. The first-order valence-corrected chi connectivity index (χ1v) is 9.98. The lowest BCUT2D eigenvalue weighted by molar-refractivity contribution is -0.146. The van der Waals surface area contributed by atoms with Crippen molar-refractivity contribution in [2.45, 2.75) is 58.1 Å². The van der Waals surface area contributed by atoms with Crippen LogP contribution in [0.25, 0.3) is 0 Å². The number of allylic oxidation sites excluding steroid dienone is 1. The third-order valence-corrected chi connectivity index (χ3v) is 5.35. The monoisotopic (exact) mass is 382 g/mol. The van der Waals surface area contributed by atoms with Crippen molar-refractivity contribution in [3.8, 4) is 5.75 Å². The van der Waals surface area contributed by atoms with Crippen molar-refractivity contribution in [1.29, 1.82) is 0 Å². The number of nitrogens with one attached hydrogen (secondary N) is 1. The molecule has 1 aliphatic carbocycles. The Balaban J connectivity index is 1.66. The van der Waals surface area contributed by atoms with E-state index in [2.05, 4.69) is 15.4 Å². The van der Waals surface area contributed by atoms with Gasteiger partial charge in [-0.1, -0.05) is 18.6 Å². The summed E-state index contributed by atoms with van der Waals surface area (Å²) in [6.07, 6.45) is 6.82. The molecule has 1 aliphatic heterocycles. The van der Waals surface area contributed by atoms with Crippen LogP contribution in [-0.2, 0) is 9.53 Å². The van der Waals surface area contributed by atoms with Gasteiger partial charge in [0, 0.05) is 5.70 Å². The Bertz CT molecular complexity index is 866. The number of rotatable bonds is 5. The van der Waals surface area contributed by atoms with Crippen LogP contribution in [0, 0.1) is 0 Å². The zero-order valence-electron chi connectivity index (χ0n) is 16.4. The number of esters is 1. The average Bonchev–Trinajstić information content (AvgIpc) is 3.16. The topological polar surface area (TPSA) is 78.3 Å². The first kappa shape index (κ1) is 18.5. The Morgan fingerprint density at radius 2 is 1.96 bits per heavy atom. The molecule has 1 atom stereocenters. The molecule has 0 amide bonds. The zero-order valence-corrected chi connectivity index (χ0v) is 16.4. The van der Waals surface area contributed by atoms with Gasteiger partial charge < -0.3 is 14.8 Å². The second-order valence-electron chi connectivity index (χ2n) is 7.26. The van der Waals surface area contributed by atoms with Crippen LogP contribution >= 0.6 is 0 Å². The number of carbonyl (C=O) groups is 1. The quantitative estimate of drug-likeness (QED) is 0.792. The molecule has 1 aromatic heterocycles. The molecule has 2 aromatic rings. The fourth-order valence-corrected chi connectivity index (χ4v) is 3.97. The maximum atomic E-state index is 13.2. The highest BCUT2D eigenvalue weighted by Gasteiger charge is 2.35. The molecule has 4 rings (SSSR count). The van der Waals surface area contributed by atoms with Crippen molar-refractivity contribution in [3.63, 3.8) is 0 Å². The van der Waals surface area contributed by atoms with Crippen LogP contribution in [0.15, 0.2) is 41.9 Å². The second-order valence-corrected chi connectivity index (χ2v) is 7.26. The summed E-state index contributed by atoms with van der Waals surface area (Å²) < 4.78 is 13.2. The normalized spacial score (nSPS) is 19.7. The first-order valence-electron chi connectivity index (χ1n) is 9.98. The van der Waals surface area contributed by atoms with E-state index >= 15 is 0 Å². The molecule has 7 heteroatoms. The lowest BCUT2D eigenvalue weighted by atomic mass is 9.95. The molecule has 2 heterocycles. The molecule has 1 unspecified atom stereocenters. The fraction of sp³-hybridized carbons (Fsp3) is 0.476. The van der Waals surface area contributed by atoms with Crippen LogP contribution in [-0.4, -0.2) is 33.4 Å². The number of hydrogen-bond acceptors (Lipinski definition) is 6. The van der Waals surface area contributed by atoms with E-state index in [0.29, 0.717) is 18.1 Å². The van der Waals surface area contributed by atoms with Gasteiger partial charge in [0.2, 0.25) is 5.95 Å². The molecule has 1 saturated carbocycles. The Morgan fingerprint density at radius 1 is 1.21 bits per heavy atom. The van der Waals surface area contributed by atoms with Crippen molar-refractivity contribution >= 4 is 11.9 Å². The molecule has 1 fully saturated rings. The van der Waals surface area contributed by atoms with Crippen molar-refractivity contribution in [1.82, 2.24) is 14.8 Å². The number of anilines is 1. The third kappa shape index (κ3) is 3.61. The summed E-state index contributed by atoms with van der Waals surface area (Å²) in [5, 5.41) is 7.54. The maximum absolute atomic E-state index is 13.2. The van der Waals surface area contributed by atoms with E-state index in [9.17, 15) is 4.79 Å². The highest BCUT2D eigenvalue weighted by Crippen LogP contribution is 2.36. The molecule has 28 heavy (non-hydrogen) atoms. The van der Waals surface area contributed by atoms with E-state index in [1.54, 1.807) is 4.68 Å². The molecule has 0 bridgehead atoms. The predicted octanol–water partition coefficient (Wildman–Crippen LogP) is 3.84. The number of hydrogen-bond donors (Lipinski definition) is 1. The smallest absolute Gasteiger partial charge is 0.338 e. The Kier molecular flexibility index (Phi) is 5.32. The summed E-state index contributed by atoms with van der Waals surface area (Å²) in [6.45, 7) is 4.45. The molecule has 148 valence electrons. The largest absolute Gasteiger partial charge is 0.494 e. The summed E-state index contributed by atoms with van der Waals surface area (Å²) in [6, 6.07) is 7.38. The number of nitrogens with zero attached hydrogens (tertiary/aromatic N) is 3. The lowest BCUT2D eigenvalue weighted by Crippen LogP contribution is -2.32.